The zero-order chi connectivity index (χ0) is 26.4. The van der Waals surface area contributed by atoms with Crippen molar-refractivity contribution in [3.63, 3.8) is 0 Å². The number of alkyl halides is 3. The van der Waals surface area contributed by atoms with E-state index in [1.807, 2.05) is 6.07 Å². The van der Waals surface area contributed by atoms with E-state index in [2.05, 4.69) is 39.5 Å². The maximum atomic E-state index is 13.6. The number of halogens is 3. The van der Waals surface area contributed by atoms with Crippen molar-refractivity contribution in [2.45, 2.75) is 67.8 Å². The molecule has 2 bridgehead atoms. The Bertz CT molecular complexity index is 1420. The van der Waals surface area contributed by atoms with Crippen molar-refractivity contribution in [2.24, 2.45) is 0 Å². The summed E-state index contributed by atoms with van der Waals surface area (Å²) in [5.74, 6) is 5.46. The molecule has 0 aromatic carbocycles. The number of fused-ring (bicyclic) bond motifs is 3. The Labute approximate surface area is 225 Å². The zero-order valence-electron chi connectivity index (χ0n) is 21.0. The van der Waals surface area contributed by atoms with Gasteiger partial charge in [0.15, 0.2) is 0 Å². The maximum absolute atomic E-state index is 13.6. The van der Waals surface area contributed by atoms with Crippen LogP contribution in [-0.2, 0) is 0 Å². The van der Waals surface area contributed by atoms with E-state index in [-0.39, 0.29) is 23.1 Å². The first-order chi connectivity index (χ1) is 18.3. The topological polar surface area (TPSA) is 66.6 Å². The molecule has 3 aromatic rings. The molecule has 1 aliphatic carbocycles. The van der Waals surface area contributed by atoms with Crippen LogP contribution in [0.2, 0.25) is 0 Å². The van der Waals surface area contributed by atoms with Gasteiger partial charge in [-0.05, 0) is 0 Å². The van der Waals surface area contributed by atoms with Gasteiger partial charge in [0.1, 0.15) is 0 Å². The summed E-state index contributed by atoms with van der Waals surface area (Å²) in [4.78, 5) is 14.9. The second-order valence-electron chi connectivity index (χ2n) is 10.3. The van der Waals surface area contributed by atoms with Crippen molar-refractivity contribution < 1.29 is 18.0 Å². The number of carbonyl (C=O) groups excluding carboxylic acids is 1. The molecule has 2 aliphatic heterocycles. The summed E-state index contributed by atoms with van der Waals surface area (Å²) in [7, 11) is 2.17. The van der Waals surface area contributed by atoms with E-state index in [9.17, 15) is 18.0 Å². The number of rotatable bonds is 6. The Kier molecular flexibility index (Phi) is 6.67. The minimum atomic E-state index is -4.32. The van der Waals surface area contributed by atoms with Crippen molar-refractivity contribution >= 4 is 36.7 Å². The van der Waals surface area contributed by atoms with Crippen LogP contribution in [-0.4, -0.2) is 76.7 Å². The van der Waals surface area contributed by atoms with E-state index in [0.717, 1.165) is 37.8 Å². The van der Waals surface area contributed by atoms with Gasteiger partial charge in [-0.25, -0.2) is 0 Å². The van der Waals surface area contributed by atoms with Gasteiger partial charge < -0.3 is 0 Å². The summed E-state index contributed by atoms with van der Waals surface area (Å²) in [6.45, 7) is 0.0282. The molecule has 6 rings (SSSR count). The van der Waals surface area contributed by atoms with E-state index in [1.165, 1.54) is 12.6 Å². The molecule has 3 aromatic heterocycles. The fourth-order valence-corrected chi connectivity index (χ4v) is 7.23. The van der Waals surface area contributed by atoms with Crippen molar-refractivity contribution in [2.75, 3.05) is 18.9 Å². The molecule has 0 radical (unpaired) electrons. The molecule has 5 heterocycles. The average Bonchev–Trinajstić information content (AvgIpc) is 3.43. The minimum absolute atomic E-state index is 0.0282. The number of anilines is 1. The predicted octanol–water partition coefficient (Wildman–Crippen LogP) is 3.14. The van der Waals surface area contributed by atoms with Gasteiger partial charge in [0.25, 0.3) is 0 Å². The molecule has 7 nitrogen and oxygen atoms in total. The Morgan fingerprint density at radius 3 is 2.76 bits per heavy atom. The summed E-state index contributed by atoms with van der Waals surface area (Å²) >= 11 is -1.77. The van der Waals surface area contributed by atoms with Crippen LogP contribution in [0.25, 0.3) is 5.52 Å². The number of piperidine rings is 1. The first kappa shape index (κ1) is 25.4. The molecule has 3 aliphatic rings. The van der Waals surface area contributed by atoms with E-state index in [0.29, 0.717) is 34.8 Å². The fourth-order valence-electron chi connectivity index (χ4n) is 5.77. The summed E-state index contributed by atoms with van der Waals surface area (Å²) in [6, 6.07) is 7.16. The van der Waals surface area contributed by atoms with Crippen LogP contribution in [0.3, 0.4) is 0 Å². The van der Waals surface area contributed by atoms with Crippen LogP contribution < -0.4 is 15.2 Å². The average molecular weight is 590 g/mol. The molecular formula is C27H29F3N6OSe. The van der Waals surface area contributed by atoms with Crippen molar-refractivity contribution in [1.82, 2.24) is 24.4 Å². The van der Waals surface area contributed by atoms with Gasteiger partial charge in [-0.1, -0.05) is 0 Å². The molecule has 2 N–H and O–H groups in total. The van der Waals surface area contributed by atoms with Crippen molar-refractivity contribution in [1.29, 1.82) is 0 Å². The van der Waals surface area contributed by atoms with Crippen LogP contribution in [0.5, 0.6) is 0 Å². The number of nitrogens with zero attached hydrogens (tertiary/aromatic N) is 4. The number of carbonyl (C=O) groups is 1. The second-order valence-corrected chi connectivity index (χ2v) is 12.5. The molecule has 1 saturated carbocycles. The summed E-state index contributed by atoms with van der Waals surface area (Å²) in [5, 5.41) is 6.27. The Morgan fingerprint density at radius 1 is 1.18 bits per heavy atom. The van der Waals surface area contributed by atoms with E-state index >= 15 is 0 Å². The summed E-state index contributed by atoms with van der Waals surface area (Å²) in [5.41, 5.74) is 2.31. The Hall–Kier alpha value is -2.93. The number of pyridine rings is 1. The number of nitrogens with one attached hydrogen (secondary N) is 2. The van der Waals surface area contributed by atoms with Gasteiger partial charge in [0.2, 0.25) is 0 Å². The van der Waals surface area contributed by atoms with Crippen LogP contribution in [0, 0.1) is 11.8 Å². The number of amides is 1. The normalized spacial score (nSPS) is 23.3. The molecule has 3 fully saturated rings. The van der Waals surface area contributed by atoms with Gasteiger partial charge in [-0.15, -0.1) is 0 Å². The van der Waals surface area contributed by atoms with Crippen molar-refractivity contribution in [3.8, 4) is 11.8 Å². The Balaban J connectivity index is 1.22. The van der Waals surface area contributed by atoms with Crippen molar-refractivity contribution in [3.05, 3.63) is 47.9 Å². The van der Waals surface area contributed by atoms with E-state index in [4.69, 9.17) is 0 Å². The van der Waals surface area contributed by atoms with Crippen LogP contribution in [0.4, 0.5) is 18.9 Å². The van der Waals surface area contributed by atoms with Crippen LogP contribution >= 0.6 is 0 Å². The number of aromatic nitrogens is 3. The first-order valence-corrected chi connectivity index (χ1v) is 14.7. The monoisotopic (exact) mass is 590 g/mol. The van der Waals surface area contributed by atoms with Gasteiger partial charge in [0, 0.05) is 0 Å². The van der Waals surface area contributed by atoms with Crippen LogP contribution in [0.15, 0.2) is 36.8 Å². The number of likely N-dealkylation sites (N-methyl/N-ethyl adjacent to an activating group) is 1. The van der Waals surface area contributed by atoms with Gasteiger partial charge >= 0.3 is 225 Å². The van der Waals surface area contributed by atoms with Gasteiger partial charge in [-0.2, -0.15) is 0 Å². The second kappa shape index (κ2) is 9.99. The number of hydrogen-bond acceptors (Lipinski definition) is 4. The summed E-state index contributed by atoms with van der Waals surface area (Å²) in [6.07, 6.45) is 11.6. The van der Waals surface area contributed by atoms with Crippen LogP contribution in [0.1, 0.15) is 60.5 Å². The molecule has 200 valence electrons. The molecule has 3 atom stereocenters. The third-order valence-electron chi connectivity index (χ3n) is 7.83. The SMILES string of the molecule is CN1[C@H]2CC[C@@H]1[C@H](Nc1cccn3c([Se]C(F)(F)F)c(C#CCNC(=O)c4cnn(C5CC5)c4)cc13)CC2. The standard InChI is InChI=1S/C27H29F3N6OSe/c1-34-19-8-10-22(23(34)11-9-19)33-21-5-3-13-35-24(21)14-17(26(35)38-27(28,29)30)4-2-12-31-25(37)18-15-32-36(16-18)20-6-7-20/h3,5,13-16,19-20,22-23,33H,6-12H2,1H3,(H,31,37)/t19-,22-,23-/m1/s1. The quantitative estimate of drug-likeness (QED) is 0.343. The molecule has 38 heavy (non-hydrogen) atoms. The molecule has 0 spiro atoms. The number of hydrogen-bond donors (Lipinski definition) is 2. The van der Waals surface area contributed by atoms with Gasteiger partial charge in [0.05, 0.1) is 0 Å². The summed E-state index contributed by atoms with van der Waals surface area (Å²) < 4.78 is 44.3. The third-order valence-corrected chi connectivity index (χ3v) is 9.60. The predicted molar refractivity (Wildman–Crippen MR) is 140 cm³/mol. The van der Waals surface area contributed by atoms with E-state index in [1.54, 1.807) is 33.6 Å². The van der Waals surface area contributed by atoms with E-state index < -0.39 is 20.0 Å². The molecule has 2 saturated heterocycles. The fraction of sp³-hybridized carbons (Fsp3) is 0.481. The zero-order valence-corrected chi connectivity index (χ0v) is 22.7. The molecule has 11 heteroatoms. The third kappa shape index (κ3) is 5.17. The molecule has 1 amide bonds. The Morgan fingerprint density at radius 2 is 1.97 bits per heavy atom. The molecule has 0 unspecified atom stereocenters. The molecular weight excluding hydrogens is 560 g/mol. The van der Waals surface area contributed by atoms with Gasteiger partial charge in [-0.3, -0.25) is 0 Å². The first-order valence-electron chi connectivity index (χ1n) is 13.0.